The summed E-state index contributed by atoms with van der Waals surface area (Å²) in [7, 11) is 0. The average Bonchev–Trinajstić information content (AvgIpc) is 2.33. The van der Waals surface area contributed by atoms with Crippen LogP contribution in [0.5, 0.6) is 0 Å². The number of carbonyl (C=O) groups is 2. The molecule has 0 bridgehead atoms. The van der Waals surface area contributed by atoms with Crippen molar-refractivity contribution in [1.82, 2.24) is 10.6 Å². The minimum absolute atomic E-state index is 0.107. The van der Waals surface area contributed by atoms with Crippen LogP contribution in [0.2, 0.25) is 0 Å². The number of amides is 2. The lowest BCUT2D eigenvalue weighted by Crippen LogP contribution is -2.41. The molecule has 19 heavy (non-hydrogen) atoms. The van der Waals surface area contributed by atoms with Gasteiger partial charge in [0.15, 0.2) is 0 Å². The summed E-state index contributed by atoms with van der Waals surface area (Å²) in [5, 5.41) is 5.08. The SMILES string of the molecule is CC(C)(C)C(=O)NCC(=O)NCc1ccccc1F. The van der Waals surface area contributed by atoms with E-state index >= 15 is 0 Å². The minimum atomic E-state index is -0.536. The maximum absolute atomic E-state index is 13.3. The summed E-state index contributed by atoms with van der Waals surface area (Å²) in [6.45, 7) is 5.29. The van der Waals surface area contributed by atoms with E-state index in [1.165, 1.54) is 6.07 Å². The number of halogens is 1. The average molecular weight is 266 g/mol. The lowest BCUT2D eigenvalue weighted by atomic mass is 9.96. The summed E-state index contributed by atoms with van der Waals surface area (Å²) < 4.78 is 13.3. The molecule has 0 radical (unpaired) electrons. The molecular formula is C14H19FN2O2. The second-order valence-electron chi connectivity index (χ2n) is 5.30. The van der Waals surface area contributed by atoms with Gasteiger partial charge in [0.25, 0.3) is 0 Å². The summed E-state index contributed by atoms with van der Waals surface area (Å²) in [6, 6.07) is 6.22. The van der Waals surface area contributed by atoms with E-state index in [1.807, 2.05) is 0 Å². The molecule has 0 aromatic heterocycles. The molecule has 0 aliphatic carbocycles. The van der Waals surface area contributed by atoms with Crippen molar-refractivity contribution in [3.05, 3.63) is 35.6 Å². The van der Waals surface area contributed by atoms with Crippen LogP contribution in [-0.2, 0) is 16.1 Å². The lowest BCUT2D eigenvalue weighted by Gasteiger charge is -2.17. The quantitative estimate of drug-likeness (QED) is 0.869. The Morgan fingerprint density at radius 2 is 1.79 bits per heavy atom. The first-order chi connectivity index (χ1) is 8.80. The predicted molar refractivity (Wildman–Crippen MR) is 70.7 cm³/mol. The summed E-state index contributed by atoms with van der Waals surface area (Å²) in [4.78, 5) is 23.1. The van der Waals surface area contributed by atoms with Crippen LogP contribution in [0.25, 0.3) is 0 Å². The Hall–Kier alpha value is -1.91. The highest BCUT2D eigenvalue weighted by Gasteiger charge is 2.21. The normalized spacial score (nSPS) is 10.9. The summed E-state index contributed by atoms with van der Waals surface area (Å²) in [6.07, 6.45) is 0. The number of hydrogen-bond donors (Lipinski definition) is 2. The van der Waals surface area contributed by atoms with Crippen molar-refractivity contribution in [3.63, 3.8) is 0 Å². The molecule has 2 amide bonds. The molecule has 0 unspecified atom stereocenters. The highest BCUT2D eigenvalue weighted by molar-refractivity contribution is 5.87. The van der Waals surface area contributed by atoms with Crippen molar-refractivity contribution in [3.8, 4) is 0 Å². The number of nitrogens with one attached hydrogen (secondary N) is 2. The number of benzene rings is 1. The van der Waals surface area contributed by atoms with Crippen molar-refractivity contribution in [1.29, 1.82) is 0 Å². The Kier molecular flexibility index (Phi) is 5.03. The van der Waals surface area contributed by atoms with E-state index in [2.05, 4.69) is 10.6 Å². The number of carbonyl (C=O) groups excluding carboxylic acids is 2. The summed E-state index contributed by atoms with van der Waals surface area (Å²) in [5.41, 5.74) is -0.121. The van der Waals surface area contributed by atoms with Gasteiger partial charge in [0.1, 0.15) is 5.82 Å². The fraction of sp³-hybridized carbons (Fsp3) is 0.429. The van der Waals surface area contributed by atoms with E-state index in [1.54, 1.807) is 39.0 Å². The van der Waals surface area contributed by atoms with Gasteiger partial charge in [-0.05, 0) is 6.07 Å². The van der Waals surface area contributed by atoms with Crippen LogP contribution in [0.3, 0.4) is 0 Å². The first kappa shape index (κ1) is 15.1. The Morgan fingerprint density at radius 1 is 1.16 bits per heavy atom. The monoisotopic (exact) mass is 266 g/mol. The second-order valence-corrected chi connectivity index (χ2v) is 5.30. The molecule has 4 nitrogen and oxygen atoms in total. The van der Waals surface area contributed by atoms with Crippen LogP contribution in [0.1, 0.15) is 26.3 Å². The Balaban J connectivity index is 2.37. The zero-order valence-corrected chi connectivity index (χ0v) is 11.4. The smallest absolute Gasteiger partial charge is 0.239 e. The molecule has 5 heteroatoms. The molecule has 0 heterocycles. The van der Waals surface area contributed by atoms with Gasteiger partial charge in [-0.1, -0.05) is 39.0 Å². The van der Waals surface area contributed by atoms with Gasteiger partial charge in [0, 0.05) is 17.5 Å². The largest absolute Gasteiger partial charge is 0.350 e. The fourth-order valence-electron chi connectivity index (χ4n) is 1.32. The third kappa shape index (κ3) is 5.07. The molecule has 0 saturated heterocycles. The van der Waals surface area contributed by atoms with E-state index < -0.39 is 5.41 Å². The molecule has 104 valence electrons. The van der Waals surface area contributed by atoms with Gasteiger partial charge in [-0.3, -0.25) is 9.59 Å². The summed E-state index contributed by atoms with van der Waals surface area (Å²) >= 11 is 0. The molecule has 0 spiro atoms. The van der Waals surface area contributed by atoms with Gasteiger partial charge in [-0.25, -0.2) is 4.39 Å². The van der Waals surface area contributed by atoms with Gasteiger partial charge in [-0.2, -0.15) is 0 Å². The Bertz CT molecular complexity index is 467. The van der Waals surface area contributed by atoms with Crippen LogP contribution in [-0.4, -0.2) is 18.4 Å². The predicted octanol–water partition coefficient (Wildman–Crippen LogP) is 1.60. The zero-order valence-electron chi connectivity index (χ0n) is 11.4. The molecule has 1 rings (SSSR count). The van der Waals surface area contributed by atoms with Crippen molar-refractivity contribution in [2.45, 2.75) is 27.3 Å². The molecule has 0 aliphatic heterocycles. The molecule has 1 aromatic carbocycles. The topological polar surface area (TPSA) is 58.2 Å². The van der Waals surface area contributed by atoms with Gasteiger partial charge in [0.05, 0.1) is 6.54 Å². The van der Waals surface area contributed by atoms with Crippen LogP contribution in [0.15, 0.2) is 24.3 Å². The fourth-order valence-corrected chi connectivity index (χ4v) is 1.32. The third-order valence-corrected chi connectivity index (χ3v) is 2.52. The van der Waals surface area contributed by atoms with E-state index in [0.29, 0.717) is 5.56 Å². The lowest BCUT2D eigenvalue weighted by molar-refractivity contribution is -0.131. The van der Waals surface area contributed by atoms with Crippen molar-refractivity contribution in [2.75, 3.05) is 6.54 Å². The summed E-state index contributed by atoms with van der Waals surface area (Å²) in [5.74, 6) is -0.907. The minimum Gasteiger partial charge on any atom is -0.350 e. The molecule has 0 aliphatic rings. The van der Waals surface area contributed by atoms with Crippen molar-refractivity contribution < 1.29 is 14.0 Å². The molecule has 0 saturated carbocycles. The van der Waals surface area contributed by atoms with Gasteiger partial charge >= 0.3 is 0 Å². The Labute approximate surface area is 112 Å². The molecule has 1 aromatic rings. The van der Waals surface area contributed by atoms with E-state index in [0.717, 1.165) is 0 Å². The van der Waals surface area contributed by atoms with E-state index in [-0.39, 0.29) is 30.7 Å². The maximum Gasteiger partial charge on any atom is 0.239 e. The van der Waals surface area contributed by atoms with Crippen LogP contribution in [0, 0.1) is 11.2 Å². The van der Waals surface area contributed by atoms with Crippen molar-refractivity contribution >= 4 is 11.8 Å². The van der Waals surface area contributed by atoms with Gasteiger partial charge < -0.3 is 10.6 Å². The molecular weight excluding hydrogens is 247 g/mol. The Morgan fingerprint density at radius 3 is 2.37 bits per heavy atom. The second kappa shape index (κ2) is 6.31. The first-order valence-corrected chi connectivity index (χ1v) is 6.09. The molecule has 0 fully saturated rings. The molecule has 0 atom stereocenters. The van der Waals surface area contributed by atoms with Gasteiger partial charge in [0.2, 0.25) is 11.8 Å². The highest BCUT2D eigenvalue weighted by Crippen LogP contribution is 2.11. The van der Waals surface area contributed by atoms with Gasteiger partial charge in [-0.15, -0.1) is 0 Å². The highest BCUT2D eigenvalue weighted by atomic mass is 19.1. The first-order valence-electron chi connectivity index (χ1n) is 6.09. The van der Waals surface area contributed by atoms with Crippen molar-refractivity contribution in [2.24, 2.45) is 5.41 Å². The third-order valence-electron chi connectivity index (χ3n) is 2.52. The number of hydrogen-bond acceptors (Lipinski definition) is 2. The maximum atomic E-state index is 13.3. The molecule has 2 N–H and O–H groups in total. The van der Waals surface area contributed by atoms with Crippen LogP contribution in [0.4, 0.5) is 4.39 Å². The zero-order chi connectivity index (χ0) is 14.5. The number of rotatable bonds is 4. The van der Waals surface area contributed by atoms with Crippen LogP contribution >= 0.6 is 0 Å². The van der Waals surface area contributed by atoms with E-state index in [4.69, 9.17) is 0 Å². The standard InChI is InChI=1S/C14H19FN2O2/c1-14(2,3)13(19)17-9-12(18)16-8-10-6-4-5-7-11(10)15/h4-7H,8-9H2,1-3H3,(H,16,18)(H,17,19). The van der Waals surface area contributed by atoms with Crippen LogP contribution < -0.4 is 10.6 Å². The van der Waals surface area contributed by atoms with E-state index in [9.17, 15) is 14.0 Å².